The van der Waals surface area contributed by atoms with Gasteiger partial charge in [-0.25, -0.2) is 4.98 Å². The summed E-state index contributed by atoms with van der Waals surface area (Å²) < 4.78 is 5.47. The van der Waals surface area contributed by atoms with Crippen molar-refractivity contribution in [1.29, 1.82) is 0 Å². The zero-order valence-electron chi connectivity index (χ0n) is 16.6. The van der Waals surface area contributed by atoms with Gasteiger partial charge in [0.1, 0.15) is 24.2 Å². The number of rotatable bonds is 7. The highest BCUT2D eigenvalue weighted by molar-refractivity contribution is 6.23. The Morgan fingerprint density at radius 1 is 1.13 bits per heavy atom. The summed E-state index contributed by atoms with van der Waals surface area (Å²) in [7, 11) is 0. The number of piperidine rings is 1. The van der Waals surface area contributed by atoms with Crippen molar-refractivity contribution in [1.82, 2.24) is 15.2 Å². The lowest BCUT2D eigenvalue weighted by atomic mass is 10.0. The Hall–Kier alpha value is -3.79. The number of anilines is 1. The maximum atomic E-state index is 12.9. The zero-order valence-corrected chi connectivity index (χ0v) is 16.6. The van der Waals surface area contributed by atoms with Gasteiger partial charge in [0, 0.05) is 31.8 Å². The summed E-state index contributed by atoms with van der Waals surface area (Å²) in [6, 6.07) is 7.43. The highest BCUT2D eigenvalue weighted by Gasteiger charge is 2.44. The van der Waals surface area contributed by atoms with Crippen LogP contribution in [0, 0.1) is 0 Å². The van der Waals surface area contributed by atoms with Crippen LogP contribution in [0.5, 0.6) is 5.75 Å². The summed E-state index contributed by atoms with van der Waals surface area (Å²) >= 11 is 0. The number of pyridine rings is 1. The first kappa shape index (κ1) is 20.5. The third kappa shape index (κ3) is 4.10. The average Bonchev–Trinajstić information content (AvgIpc) is 3.01. The van der Waals surface area contributed by atoms with Gasteiger partial charge in [-0.15, -0.1) is 0 Å². The van der Waals surface area contributed by atoms with Gasteiger partial charge in [0.2, 0.25) is 11.8 Å². The van der Waals surface area contributed by atoms with Crippen molar-refractivity contribution in [3.05, 3.63) is 53.2 Å². The quantitative estimate of drug-likeness (QED) is 0.544. The molecule has 1 unspecified atom stereocenters. The lowest BCUT2D eigenvalue weighted by molar-refractivity contribution is -0.136. The number of carbonyl (C=O) groups excluding carboxylic acids is 4. The van der Waals surface area contributed by atoms with Crippen LogP contribution in [-0.4, -0.2) is 52.7 Å². The van der Waals surface area contributed by atoms with Crippen LogP contribution in [0.2, 0.25) is 0 Å². The number of nitrogens with zero attached hydrogens (tertiary/aromatic N) is 2. The molecular weight excluding hydrogens is 402 g/mol. The molecule has 0 aliphatic carbocycles. The topological polar surface area (TPSA) is 144 Å². The third-order valence-corrected chi connectivity index (χ3v) is 5.10. The summed E-state index contributed by atoms with van der Waals surface area (Å²) in [4.78, 5) is 54.3. The minimum atomic E-state index is -0.980. The Balaban J connectivity index is 1.47. The normalized spacial score (nSPS) is 18.1. The van der Waals surface area contributed by atoms with Crippen molar-refractivity contribution in [3.63, 3.8) is 0 Å². The van der Waals surface area contributed by atoms with E-state index < -0.39 is 29.7 Å². The standard InChI is InChI=1S/C21H21N5O5/c22-6-8-31-13-5-7-23-17(10-13)24-11-12-1-2-14-15(9-12)21(30)26(20(14)29)16-3-4-18(27)25-19(16)28/h1-2,5,7,9-10,16H,3-4,6,8,11,22H2,(H,23,24)(H,25,27,28). The fourth-order valence-corrected chi connectivity index (χ4v) is 3.60. The molecule has 0 bridgehead atoms. The number of imide groups is 2. The van der Waals surface area contributed by atoms with Crippen LogP contribution in [0.15, 0.2) is 36.5 Å². The molecule has 0 spiro atoms. The number of aromatic nitrogens is 1. The van der Waals surface area contributed by atoms with Gasteiger partial charge >= 0.3 is 0 Å². The molecule has 1 fully saturated rings. The number of ether oxygens (including phenoxy) is 1. The summed E-state index contributed by atoms with van der Waals surface area (Å²) in [6.07, 6.45) is 1.82. The van der Waals surface area contributed by atoms with Crippen molar-refractivity contribution >= 4 is 29.4 Å². The zero-order chi connectivity index (χ0) is 22.0. The number of hydrogen-bond acceptors (Lipinski definition) is 8. The number of amides is 4. The first-order valence-corrected chi connectivity index (χ1v) is 9.85. The van der Waals surface area contributed by atoms with E-state index in [-0.39, 0.29) is 24.0 Å². The van der Waals surface area contributed by atoms with Crippen LogP contribution in [0.25, 0.3) is 0 Å². The van der Waals surface area contributed by atoms with Gasteiger partial charge < -0.3 is 15.8 Å². The van der Waals surface area contributed by atoms with E-state index in [9.17, 15) is 19.2 Å². The number of benzene rings is 1. The van der Waals surface area contributed by atoms with Crippen LogP contribution < -0.4 is 21.1 Å². The minimum Gasteiger partial charge on any atom is -0.492 e. The molecule has 31 heavy (non-hydrogen) atoms. The maximum absolute atomic E-state index is 12.9. The van der Waals surface area contributed by atoms with E-state index in [1.54, 1.807) is 36.5 Å². The second kappa shape index (κ2) is 8.52. The van der Waals surface area contributed by atoms with Gasteiger partial charge in [-0.05, 0) is 30.2 Å². The number of carbonyl (C=O) groups is 4. The summed E-state index contributed by atoms with van der Waals surface area (Å²) in [5, 5.41) is 5.33. The molecule has 2 aromatic rings. The predicted octanol–water partition coefficient (Wildman–Crippen LogP) is 0.432. The smallest absolute Gasteiger partial charge is 0.262 e. The molecule has 160 valence electrons. The van der Waals surface area contributed by atoms with Gasteiger partial charge in [-0.3, -0.25) is 29.4 Å². The fraction of sp³-hybridized carbons (Fsp3) is 0.286. The van der Waals surface area contributed by atoms with Crippen molar-refractivity contribution < 1.29 is 23.9 Å². The van der Waals surface area contributed by atoms with E-state index in [4.69, 9.17) is 10.5 Å². The third-order valence-electron chi connectivity index (χ3n) is 5.10. The van der Waals surface area contributed by atoms with Gasteiger partial charge in [-0.1, -0.05) is 6.07 Å². The molecule has 10 nitrogen and oxygen atoms in total. The lowest BCUT2D eigenvalue weighted by Crippen LogP contribution is -2.54. The summed E-state index contributed by atoms with van der Waals surface area (Å²) in [5.41, 5.74) is 6.68. The maximum Gasteiger partial charge on any atom is 0.262 e. The lowest BCUT2D eigenvalue weighted by Gasteiger charge is -2.27. The Morgan fingerprint density at radius 3 is 2.71 bits per heavy atom. The first-order valence-electron chi connectivity index (χ1n) is 9.85. The fourth-order valence-electron chi connectivity index (χ4n) is 3.60. The Kier molecular flexibility index (Phi) is 5.63. The SMILES string of the molecule is NCCOc1ccnc(NCc2ccc3c(c2)C(=O)N(C2CCC(=O)NC2=O)C3=O)c1. The van der Waals surface area contributed by atoms with E-state index >= 15 is 0 Å². The molecule has 1 aromatic carbocycles. The van der Waals surface area contributed by atoms with Crippen LogP contribution in [0.3, 0.4) is 0 Å². The van der Waals surface area contributed by atoms with Crippen LogP contribution in [0.1, 0.15) is 39.1 Å². The van der Waals surface area contributed by atoms with Gasteiger partial charge in [0.15, 0.2) is 0 Å². The monoisotopic (exact) mass is 423 g/mol. The van der Waals surface area contributed by atoms with Crippen molar-refractivity contribution in [2.24, 2.45) is 5.73 Å². The molecule has 4 amide bonds. The molecular formula is C21H21N5O5. The largest absolute Gasteiger partial charge is 0.492 e. The van der Waals surface area contributed by atoms with Crippen LogP contribution in [0.4, 0.5) is 5.82 Å². The van der Waals surface area contributed by atoms with E-state index in [2.05, 4.69) is 15.6 Å². The summed E-state index contributed by atoms with van der Waals surface area (Å²) in [6.45, 7) is 1.16. The molecule has 10 heteroatoms. The van der Waals surface area contributed by atoms with Crippen molar-refractivity contribution in [2.75, 3.05) is 18.5 Å². The number of nitrogens with one attached hydrogen (secondary N) is 2. The molecule has 1 atom stereocenters. The highest BCUT2D eigenvalue weighted by atomic mass is 16.5. The van der Waals surface area contributed by atoms with Crippen LogP contribution >= 0.6 is 0 Å². The Labute approximate surface area is 177 Å². The molecule has 3 heterocycles. The molecule has 2 aliphatic rings. The molecule has 1 saturated heterocycles. The van der Waals surface area contributed by atoms with Gasteiger partial charge in [0.05, 0.1) is 11.1 Å². The van der Waals surface area contributed by atoms with E-state index in [0.717, 1.165) is 10.5 Å². The first-order chi connectivity index (χ1) is 15.0. The second-order valence-corrected chi connectivity index (χ2v) is 7.19. The molecule has 0 saturated carbocycles. The summed E-state index contributed by atoms with van der Waals surface area (Å²) in [5.74, 6) is -0.875. The van der Waals surface area contributed by atoms with Gasteiger partial charge in [0.25, 0.3) is 11.8 Å². The van der Waals surface area contributed by atoms with Crippen molar-refractivity contribution in [3.8, 4) is 5.75 Å². The van der Waals surface area contributed by atoms with E-state index in [1.165, 1.54) is 0 Å². The number of nitrogens with two attached hydrogens (primary N) is 1. The highest BCUT2D eigenvalue weighted by Crippen LogP contribution is 2.28. The average molecular weight is 423 g/mol. The van der Waals surface area contributed by atoms with Crippen molar-refractivity contribution in [2.45, 2.75) is 25.4 Å². The van der Waals surface area contributed by atoms with E-state index in [0.29, 0.717) is 31.3 Å². The van der Waals surface area contributed by atoms with Crippen LogP contribution in [-0.2, 0) is 16.1 Å². The molecule has 1 aromatic heterocycles. The predicted molar refractivity (Wildman–Crippen MR) is 109 cm³/mol. The molecule has 0 radical (unpaired) electrons. The number of fused-ring (bicyclic) bond motifs is 1. The second-order valence-electron chi connectivity index (χ2n) is 7.19. The molecule has 4 N–H and O–H groups in total. The molecule has 2 aliphatic heterocycles. The van der Waals surface area contributed by atoms with E-state index in [1.807, 2.05) is 0 Å². The van der Waals surface area contributed by atoms with Gasteiger partial charge in [-0.2, -0.15) is 0 Å². The minimum absolute atomic E-state index is 0.0834. The number of hydrogen-bond donors (Lipinski definition) is 3. The Morgan fingerprint density at radius 2 is 1.94 bits per heavy atom. The molecule has 4 rings (SSSR count). The Bertz CT molecular complexity index is 1070.